The highest BCUT2D eigenvalue weighted by molar-refractivity contribution is 14.0. The van der Waals surface area contributed by atoms with Crippen LogP contribution in [-0.2, 0) is 16.8 Å². The molecule has 0 saturated carbocycles. The van der Waals surface area contributed by atoms with Gasteiger partial charge in [-0.15, -0.1) is 35.3 Å². The molecule has 130 valence electrons. The third-order valence-electron chi connectivity index (χ3n) is 3.96. The Balaban J connectivity index is 0.00000208. The van der Waals surface area contributed by atoms with Crippen molar-refractivity contribution >= 4 is 47.0 Å². The predicted octanol–water partition coefficient (Wildman–Crippen LogP) is 3.59. The predicted molar refractivity (Wildman–Crippen MR) is 110 cm³/mol. The molecule has 3 rings (SSSR count). The van der Waals surface area contributed by atoms with E-state index in [-0.39, 0.29) is 24.0 Å². The third-order valence-corrected chi connectivity index (χ3v) is 4.94. The highest BCUT2D eigenvalue weighted by Crippen LogP contribution is 2.36. The van der Waals surface area contributed by atoms with Gasteiger partial charge in [0.1, 0.15) is 11.4 Å². The standard InChI is InChI=1S/C17H21N3O2S.HI/c1-17(14-7-9-23-15(14)6-8-22-17)11-19-16(18)20-12-4-3-5-13(10-12)21-2;/h3-5,7,9-10H,6,8,11H2,1-2H3,(H3,18,19,20);1H. The second-order valence-corrected chi connectivity index (χ2v) is 6.65. The van der Waals surface area contributed by atoms with Crippen molar-refractivity contribution < 1.29 is 9.47 Å². The number of thiophene rings is 1. The highest BCUT2D eigenvalue weighted by atomic mass is 127. The minimum atomic E-state index is -0.408. The van der Waals surface area contributed by atoms with Crippen LogP contribution in [0.1, 0.15) is 17.4 Å². The first-order chi connectivity index (χ1) is 11.1. The molecule has 2 aromatic rings. The molecule has 0 bridgehead atoms. The fourth-order valence-electron chi connectivity index (χ4n) is 2.71. The Kier molecular flexibility index (Phi) is 6.47. The first-order valence-corrected chi connectivity index (χ1v) is 8.40. The Labute approximate surface area is 163 Å². The number of benzene rings is 1. The number of anilines is 1. The monoisotopic (exact) mass is 459 g/mol. The Morgan fingerprint density at radius 3 is 3.08 bits per heavy atom. The molecular formula is C17H22IN3O2S. The summed E-state index contributed by atoms with van der Waals surface area (Å²) in [6.07, 6.45) is 0.976. The lowest BCUT2D eigenvalue weighted by Crippen LogP contribution is -2.36. The molecule has 0 fully saturated rings. The van der Waals surface area contributed by atoms with Gasteiger partial charge in [0.2, 0.25) is 0 Å². The van der Waals surface area contributed by atoms with Crippen LogP contribution in [0.5, 0.6) is 5.75 Å². The van der Waals surface area contributed by atoms with E-state index in [4.69, 9.17) is 15.2 Å². The maximum Gasteiger partial charge on any atom is 0.193 e. The molecule has 2 heterocycles. The van der Waals surface area contributed by atoms with Crippen LogP contribution in [-0.4, -0.2) is 26.2 Å². The summed E-state index contributed by atoms with van der Waals surface area (Å²) in [4.78, 5) is 5.85. The summed E-state index contributed by atoms with van der Waals surface area (Å²) in [5.41, 5.74) is 7.68. The number of aliphatic imine (C=N–C) groups is 1. The molecule has 0 saturated heterocycles. The summed E-state index contributed by atoms with van der Waals surface area (Å²) >= 11 is 1.78. The van der Waals surface area contributed by atoms with Crippen LogP contribution in [0.25, 0.3) is 0 Å². The molecule has 7 heteroatoms. The molecule has 0 aliphatic carbocycles. The van der Waals surface area contributed by atoms with Gasteiger partial charge in [-0.2, -0.15) is 0 Å². The molecule has 0 spiro atoms. The number of fused-ring (bicyclic) bond motifs is 1. The van der Waals surface area contributed by atoms with Crippen molar-refractivity contribution in [1.82, 2.24) is 0 Å². The quantitative estimate of drug-likeness (QED) is 0.417. The maximum atomic E-state index is 6.01. The fraction of sp³-hybridized carbons (Fsp3) is 0.353. The first-order valence-electron chi connectivity index (χ1n) is 7.52. The zero-order valence-electron chi connectivity index (χ0n) is 13.7. The lowest BCUT2D eigenvalue weighted by molar-refractivity contribution is -0.0374. The second kappa shape index (κ2) is 8.17. The zero-order chi connectivity index (χ0) is 16.3. The number of hydrogen-bond acceptors (Lipinski definition) is 4. The Morgan fingerprint density at radius 1 is 1.46 bits per heavy atom. The molecule has 1 aromatic heterocycles. The number of rotatable bonds is 4. The molecule has 1 atom stereocenters. The molecule has 1 unspecified atom stereocenters. The fourth-order valence-corrected chi connectivity index (χ4v) is 3.69. The van der Waals surface area contributed by atoms with E-state index in [1.54, 1.807) is 18.4 Å². The minimum Gasteiger partial charge on any atom is -0.497 e. The molecule has 3 N–H and O–H groups in total. The van der Waals surface area contributed by atoms with Gasteiger partial charge >= 0.3 is 0 Å². The van der Waals surface area contributed by atoms with E-state index in [1.807, 2.05) is 24.3 Å². The van der Waals surface area contributed by atoms with Gasteiger partial charge in [0.05, 0.1) is 20.3 Å². The summed E-state index contributed by atoms with van der Waals surface area (Å²) in [6, 6.07) is 9.70. The van der Waals surface area contributed by atoms with Crippen LogP contribution in [0.3, 0.4) is 0 Å². The summed E-state index contributed by atoms with van der Waals surface area (Å²) in [5.74, 6) is 1.14. The van der Waals surface area contributed by atoms with E-state index >= 15 is 0 Å². The molecule has 0 amide bonds. The Hall–Kier alpha value is -1.32. The number of hydrogen-bond donors (Lipinski definition) is 2. The van der Waals surface area contributed by atoms with Crippen molar-refractivity contribution in [1.29, 1.82) is 0 Å². The third kappa shape index (κ3) is 4.20. The Morgan fingerprint density at radius 2 is 2.29 bits per heavy atom. The molecular weight excluding hydrogens is 437 g/mol. The number of ether oxygens (including phenoxy) is 2. The molecule has 1 aliphatic rings. The van der Waals surface area contributed by atoms with E-state index in [0.29, 0.717) is 12.5 Å². The smallest absolute Gasteiger partial charge is 0.193 e. The largest absolute Gasteiger partial charge is 0.497 e. The number of methoxy groups -OCH3 is 1. The normalized spacial score (nSPS) is 20.0. The zero-order valence-corrected chi connectivity index (χ0v) is 16.9. The van der Waals surface area contributed by atoms with Crippen LogP contribution in [0, 0.1) is 0 Å². The molecule has 1 aliphatic heterocycles. The molecule has 1 aromatic carbocycles. The van der Waals surface area contributed by atoms with E-state index < -0.39 is 5.60 Å². The lowest BCUT2D eigenvalue weighted by Gasteiger charge is -2.33. The first kappa shape index (κ1) is 19.0. The van der Waals surface area contributed by atoms with Gasteiger partial charge in [-0.25, -0.2) is 4.99 Å². The van der Waals surface area contributed by atoms with Crippen molar-refractivity contribution in [3.63, 3.8) is 0 Å². The number of nitrogens with two attached hydrogens (primary N) is 1. The summed E-state index contributed by atoms with van der Waals surface area (Å²) in [7, 11) is 1.64. The second-order valence-electron chi connectivity index (χ2n) is 5.65. The van der Waals surface area contributed by atoms with Gasteiger partial charge in [-0.3, -0.25) is 0 Å². The van der Waals surface area contributed by atoms with Crippen LogP contribution in [0.2, 0.25) is 0 Å². The Bertz CT molecular complexity index is 719. The topological polar surface area (TPSA) is 68.9 Å². The van der Waals surface area contributed by atoms with Crippen molar-refractivity contribution in [3.8, 4) is 5.75 Å². The maximum absolute atomic E-state index is 6.01. The molecule has 5 nitrogen and oxygen atoms in total. The molecule has 24 heavy (non-hydrogen) atoms. The van der Waals surface area contributed by atoms with E-state index in [9.17, 15) is 0 Å². The van der Waals surface area contributed by atoms with Crippen molar-refractivity contribution in [2.75, 3.05) is 25.6 Å². The number of nitrogens with zero attached hydrogens (tertiary/aromatic N) is 1. The summed E-state index contributed by atoms with van der Waals surface area (Å²) in [5, 5.41) is 5.20. The van der Waals surface area contributed by atoms with Crippen LogP contribution in [0.15, 0.2) is 40.7 Å². The van der Waals surface area contributed by atoms with E-state index in [2.05, 4.69) is 28.7 Å². The summed E-state index contributed by atoms with van der Waals surface area (Å²) < 4.78 is 11.2. The SMILES string of the molecule is COc1cccc(NC(N)=NCC2(C)OCCc3sccc32)c1.I. The lowest BCUT2D eigenvalue weighted by atomic mass is 9.93. The van der Waals surface area contributed by atoms with Crippen LogP contribution >= 0.6 is 35.3 Å². The van der Waals surface area contributed by atoms with E-state index in [1.165, 1.54) is 10.4 Å². The van der Waals surface area contributed by atoms with Gasteiger partial charge in [-0.05, 0) is 36.1 Å². The van der Waals surface area contributed by atoms with Crippen molar-refractivity contribution in [2.24, 2.45) is 10.7 Å². The van der Waals surface area contributed by atoms with Crippen LogP contribution in [0.4, 0.5) is 5.69 Å². The highest BCUT2D eigenvalue weighted by Gasteiger charge is 2.33. The van der Waals surface area contributed by atoms with Gasteiger partial charge < -0.3 is 20.5 Å². The summed E-state index contributed by atoms with van der Waals surface area (Å²) in [6.45, 7) is 3.28. The van der Waals surface area contributed by atoms with Crippen molar-refractivity contribution in [3.05, 3.63) is 46.2 Å². The van der Waals surface area contributed by atoms with Crippen molar-refractivity contribution in [2.45, 2.75) is 18.9 Å². The average Bonchev–Trinajstić information content (AvgIpc) is 3.04. The van der Waals surface area contributed by atoms with Gasteiger partial charge in [0, 0.05) is 23.1 Å². The number of guanidine groups is 1. The van der Waals surface area contributed by atoms with Crippen LogP contribution < -0.4 is 15.8 Å². The molecule has 0 radical (unpaired) electrons. The average molecular weight is 459 g/mol. The number of halogens is 1. The van der Waals surface area contributed by atoms with Gasteiger partial charge in [-0.1, -0.05) is 6.07 Å². The van der Waals surface area contributed by atoms with E-state index in [0.717, 1.165) is 24.5 Å². The van der Waals surface area contributed by atoms with Gasteiger partial charge in [0.25, 0.3) is 0 Å². The number of nitrogens with one attached hydrogen (secondary N) is 1. The minimum absolute atomic E-state index is 0. The van der Waals surface area contributed by atoms with Gasteiger partial charge in [0.15, 0.2) is 5.96 Å².